The van der Waals surface area contributed by atoms with Crippen molar-refractivity contribution in [3.8, 4) is 0 Å². The molecule has 2 unspecified atom stereocenters. The van der Waals surface area contributed by atoms with Crippen molar-refractivity contribution in [1.82, 2.24) is 0 Å². The highest BCUT2D eigenvalue weighted by Gasteiger charge is 2.17. The quantitative estimate of drug-likeness (QED) is 0.882. The minimum absolute atomic E-state index is 0.143. The van der Waals surface area contributed by atoms with Crippen LogP contribution >= 0.6 is 11.6 Å². The van der Waals surface area contributed by atoms with E-state index in [1.54, 1.807) is 0 Å². The average Bonchev–Trinajstić information content (AvgIpc) is 2.26. The Morgan fingerprint density at radius 2 is 1.83 bits per heavy atom. The topological polar surface area (TPSA) is 29.3 Å². The highest BCUT2D eigenvalue weighted by atomic mass is 35.5. The van der Waals surface area contributed by atoms with Gasteiger partial charge in [0, 0.05) is 29.8 Å². The van der Waals surface area contributed by atoms with Crippen molar-refractivity contribution in [2.45, 2.75) is 46.2 Å². The monoisotopic (exact) mass is 268 g/mol. The Balaban J connectivity index is 3.06. The molecule has 0 fully saturated rings. The van der Waals surface area contributed by atoms with Gasteiger partial charge in [-0.3, -0.25) is 0 Å². The van der Waals surface area contributed by atoms with Crippen LogP contribution in [0.3, 0.4) is 0 Å². The molecule has 18 heavy (non-hydrogen) atoms. The number of benzene rings is 1. The lowest BCUT2D eigenvalue weighted by molar-refractivity contribution is 0.504. The summed E-state index contributed by atoms with van der Waals surface area (Å²) in [6.07, 6.45) is 0.852. The van der Waals surface area contributed by atoms with Crippen LogP contribution in [0.5, 0.6) is 0 Å². The molecule has 0 amide bonds. The number of nitrogens with zero attached hydrogens (tertiary/aromatic N) is 1. The molecular formula is C15H25ClN2. The number of halogens is 1. The maximum atomic E-state index is 6.09. The zero-order chi connectivity index (χ0) is 13.9. The van der Waals surface area contributed by atoms with Gasteiger partial charge in [-0.2, -0.15) is 0 Å². The van der Waals surface area contributed by atoms with E-state index in [1.807, 2.05) is 19.1 Å². The Kier molecular flexibility index (Phi) is 5.48. The van der Waals surface area contributed by atoms with Crippen LogP contribution in [0.4, 0.5) is 5.69 Å². The lowest BCUT2D eigenvalue weighted by Gasteiger charge is -2.32. The third kappa shape index (κ3) is 3.89. The van der Waals surface area contributed by atoms with Crippen LogP contribution < -0.4 is 10.6 Å². The molecule has 0 spiro atoms. The van der Waals surface area contributed by atoms with E-state index < -0.39 is 0 Å². The lowest BCUT2D eigenvalue weighted by atomic mass is 10.0. The summed E-state index contributed by atoms with van der Waals surface area (Å²) < 4.78 is 0. The van der Waals surface area contributed by atoms with Crippen LogP contribution in [-0.2, 0) is 6.42 Å². The van der Waals surface area contributed by atoms with E-state index in [1.165, 1.54) is 11.3 Å². The first-order chi connectivity index (χ1) is 8.32. The minimum atomic E-state index is 0.143. The number of anilines is 1. The first kappa shape index (κ1) is 15.3. The molecule has 2 nitrogen and oxygen atoms in total. The summed E-state index contributed by atoms with van der Waals surface area (Å²) >= 11 is 6.09. The fraction of sp³-hybridized carbons (Fsp3) is 0.600. The zero-order valence-electron chi connectivity index (χ0n) is 12.1. The van der Waals surface area contributed by atoms with Crippen molar-refractivity contribution >= 4 is 17.3 Å². The summed E-state index contributed by atoms with van der Waals surface area (Å²) in [5, 5.41) is 0.778. The second kappa shape index (κ2) is 6.44. The molecule has 0 aliphatic carbocycles. The first-order valence-electron chi connectivity index (χ1n) is 6.59. The fourth-order valence-corrected chi connectivity index (χ4v) is 2.27. The SMILES string of the molecule is CC(N)Cc1cc(Cl)ccc1N(C)C(C)C(C)C. The van der Waals surface area contributed by atoms with Crippen molar-refractivity contribution in [1.29, 1.82) is 0 Å². The van der Waals surface area contributed by atoms with Crippen LogP contribution in [0.15, 0.2) is 18.2 Å². The fourth-order valence-electron chi connectivity index (χ4n) is 2.08. The predicted molar refractivity (Wildman–Crippen MR) is 81.5 cm³/mol. The first-order valence-corrected chi connectivity index (χ1v) is 6.97. The molecule has 1 rings (SSSR count). The molecule has 3 heteroatoms. The van der Waals surface area contributed by atoms with Crippen molar-refractivity contribution < 1.29 is 0 Å². The van der Waals surface area contributed by atoms with Crippen LogP contribution in [0.25, 0.3) is 0 Å². The molecule has 0 heterocycles. The number of hydrogen-bond acceptors (Lipinski definition) is 2. The van der Waals surface area contributed by atoms with Gasteiger partial charge in [-0.15, -0.1) is 0 Å². The number of nitrogens with two attached hydrogens (primary N) is 1. The molecule has 0 radical (unpaired) electrons. The molecule has 1 aromatic carbocycles. The minimum Gasteiger partial charge on any atom is -0.371 e. The van der Waals surface area contributed by atoms with Gasteiger partial charge in [0.1, 0.15) is 0 Å². The second-order valence-electron chi connectivity index (χ2n) is 5.55. The van der Waals surface area contributed by atoms with E-state index in [9.17, 15) is 0 Å². The van der Waals surface area contributed by atoms with Crippen molar-refractivity contribution in [2.75, 3.05) is 11.9 Å². The molecular weight excluding hydrogens is 244 g/mol. The Morgan fingerprint density at radius 3 is 2.33 bits per heavy atom. The van der Waals surface area contributed by atoms with E-state index in [-0.39, 0.29) is 6.04 Å². The van der Waals surface area contributed by atoms with Gasteiger partial charge in [0.15, 0.2) is 0 Å². The number of rotatable bonds is 5. The normalized spacial score (nSPS) is 14.7. The van der Waals surface area contributed by atoms with Gasteiger partial charge in [-0.1, -0.05) is 25.4 Å². The Hall–Kier alpha value is -0.730. The average molecular weight is 269 g/mol. The summed E-state index contributed by atoms with van der Waals surface area (Å²) in [5.74, 6) is 0.605. The third-order valence-electron chi connectivity index (χ3n) is 3.54. The molecule has 1 aromatic rings. The number of hydrogen-bond donors (Lipinski definition) is 1. The summed E-state index contributed by atoms with van der Waals surface area (Å²) in [6.45, 7) is 8.75. The predicted octanol–water partition coefficient (Wildman–Crippen LogP) is 3.71. The van der Waals surface area contributed by atoms with Gasteiger partial charge in [0.25, 0.3) is 0 Å². The van der Waals surface area contributed by atoms with E-state index >= 15 is 0 Å². The van der Waals surface area contributed by atoms with Gasteiger partial charge >= 0.3 is 0 Å². The van der Waals surface area contributed by atoms with E-state index in [2.05, 4.69) is 38.8 Å². The summed E-state index contributed by atoms with van der Waals surface area (Å²) in [7, 11) is 2.14. The summed E-state index contributed by atoms with van der Waals surface area (Å²) in [4.78, 5) is 2.32. The molecule has 2 atom stereocenters. The van der Waals surface area contributed by atoms with Crippen LogP contribution in [-0.4, -0.2) is 19.1 Å². The zero-order valence-corrected chi connectivity index (χ0v) is 12.8. The highest BCUT2D eigenvalue weighted by molar-refractivity contribution is 6.30. The Bertz CT molecular complexity index is 388. The second-order valence-corrected chi connectivity index (χ2v) is 5.99. The summed E-state index contributed by atoms with van der Waals surface area (Å²) in [6, 6.07) is 6.70. The maximum absolute atomic E-state index is 6.09. The molecule has 0 bridgehead atoms. The Morgan fingerprint density at radius 1 is 1.22 bits per heavy atom. The van der Waals surface area contributed by atoms with E-state index in [0.717, 1.165) is 11.4 Å². The summed E-state index contributed by atoms with van der Waals surface area (Å²) in [5.41, 5.74) is 8.38. The standard InChI is InChI=1S/C15H25ClN2/c1-10(2)12(4)18(5)15-7-6-14(16)9-13(15)8-11(3)17/h6-7,9-12H,8,17H2,1-5H3. The maximum Gasteiger partial charge on any atom is 0.0410 e. The lowest BCUT2D eigenvalue weighted by Crippen LogP contribution is -2.34. The van der Waals surface area contributed by atoms with Crippen molar-refractivity contribution in [3.05, 3.63) is 28.8 Å². The van der Waals surface area contributed by atoms with Crippen LogP contribution in [0, 0.1) is 5.92 Å². The highest BCUT2D eigenvalue weighted by Crippen LogP contribution is 2.27. The molecule has 0 saturated carbocycles. The van der Waals surface area contributed by atoms with Gasteiger partial charge in [0.05, 0.1) is 0 Å². The van der Waals surface area contributed by atoms with Gasteiger partial charge in [-0.05, 0) is 49.9 Å². The smallest absolute Gasteiger partial charge is 0.0410 e. The molecule has 0 aromatic heterocycles. The van der Waals surface area contributed by atoms with Gasteiger partial charge in [-0.25, -0.2) is 0 Å². The molecule has 102 valence electrons. The largest absolute Gasteiger partial charge is 0.371 e. The van der Waals surface area contributed by atoms with Crippen molar-refractivity contribution in [3.63, 3.8) is 0 Å². The van der Waals surface area contributed by atoms with Crippen LogP contribution in [0.2, 0.25) is 5.02 Å². The van der Waals surface area contributed by atoms with Crippen molar-refractivity contribution in [2.24, 2.45) is 11.7 Å². The van der Waals surface area contributed by atoms with E-state index in [0.29, 0.717) is 12.0 Å². The van der Waals surface area contributed by atoms with Gasteiger partial charge in [0.2, 0.25) is 0 Å². The molecule has 0 aliphatic heterocycles. The molecule has 2 N–H and O–H groups in total. The Labute approximate surface area is 116 Å². The molecule has 0 aliphatic rings. The van der Waals surface area contributed by atoms with Crippen LogP contribution in [0.1, 0.15) is 33.3 Å². The van der Waals surface area contributed by atoms with Gasteiger partial charge < -0.3 is 10.6 Å². The molecule has 0 saturated heterocycles. The third-order valence-corrected chi connectivity index (χ3v) is 3.77. The van der Waals surface area contributed by atoms with E-state index in [4.69, 9.17) is 17.3 Å².